The largest absolute Gasteiger partial charge is 0.376 e. The maximum absolute atomic E-state index is 12.3. The van der Waals surface area contributed by atoms with E-state index in [2.05, 4.69) is 20.6 Å². The van der Waals surface area contributed by atoms with Crippen LogP contribution in [0.5, 0.6) is 0 Å². The number of nitrogens with zero attached hydrogens (tertiary/aromatic N) is 2. The highest BCUT2D eigenvalue weighted by atomic mass is 16.5. The molecule has 1 aliphatic rings. The Kier molecular flexibility index (Phi) is 5.95. The van der Waals surface area contributed by atoms with E-state index in [-0.39, 0.29) is 12.0 Å². The third-order valence-corrected chi connectivity index (χ3v) is 4.06. The van der Waals surface area contributed by atoms with Gasteiger partial charge in [0.05, 0.1) is 6.10 Å². The second kappa shape index (κ2) is 8.58. The molecule has 1 unspecified atom stereocenters. The molecular weight excluding hydrogens is 316 g/mol. The van der Waals surface area contributed by atoms with Gasteiger partial charge in [0.2, 0.25) is 0 Å². The summed E-state index contributed by atoms with van der Waals surface area (Å²) < 4.78 is 5.64. The van der Waals surface area contributed by atoms with Gasteiger partial charge in [-0.25, -0.2) is 9.97 Å². The van der Waals surface area contributed by atoms with E-state index in [4.69, 9.17) is 4.74 Å². The Labute approximate surface area is 148 Å². The Morgan fingerprint density at radius 2 is 2.12 bits per heavy atom. The molecule has 0 spiro atoms. The van der Waals surface area contributed by atoms with Gasteiger partial charge in [0, 0.05) is 31.3 Å². The van der Waals surface area contributed by atoms with Gasteiger partial charge in [-0.3, -0.25) is 4.79 Å². The molecule has 0 radical (unpaired) electrons. The molecule has 25 heavy (non-hydrogen) atoms. The van der Waals surface area contributed by atoms with Crippen LogP contribution in [0.4, 0.5) is 5.82 Å². The lowest BCUT2D eigenvalue weighted by Crippen LogP contribution is -2.26. The van der Waals surface area contributed by atoms with Crippen LogP contribution in [-0.2, 0) is 4.74 Å². The first-order valence-electron chi connectivity index (χ1n) is 8.84. The van der Waals surface area contributed by atoms with Crippen LogP contribution in [0, 0.1) is 0 Å². The van der Waals surface area contributed by atoms with E-state index in [9.17, 15) is 4.79 Å². The molecule has 1 aromatic heterocycles. The minimum absolute atomic E-state index is 0.179. The second-order valence-corrected chi connectivity index (χ2v) is 6.10. The maximum atomic E-state index is 12.3. The van der Waals surface area contributed by atoms with Crippen molar-refractivity contribution in [1.82, 2.24) is 15.3 Å². The van der Waals surface area contributed by atoms with E-state index in [1.54, 1.807) is 6.07 Å². The summed E-state index contributed by atoms with van der Waals surface area (Å²) >= 11 is 0. The highest BCUT2D eigenvalue weighted by molar-refractivity contribution is 5.93. The molecule has 3 rings (SSSR count). The molecule has 1 amide bonds. The number of carbonyl (C=O) groups excluding carboxylic acids is 1. The molecule has 1 atom stereocenters. The standard InChI is InChI=1S/C19H24N4O2/c1-2-10-20-19(24)16-12-17(21-13-15-9-6-11-25-15)23-18(22-16)14-7-4-3-5-8-14/h3-5,7-8,12,15H,2,6,9-11,13H2,1H3,(H,20,24)(H,21,22,23). The molecule has 0 bridgehead atoms. The van der Waals surface area contributed by atoms with Gasteiger partial charge in [-0.05, 0) is 19.3 Å². The van der Waals surface area contributed by atoms with E-state index in [1.807, 2.05) is 37.3 Å². The second-order valence-electron chi connectivity index (χ2n) is 6.10. The van der Waals surface area contributed by atoms with E-state index >= 15 is 0 Å². The van der Waals surface area contributed by atoms with Gasteiger partial charge in [-0.2, -0.15) is 0 Å². The molecule has 1 saturated heterocycles. The fourth-order valence-electron chi connectivity index (χ4n) is 2.72. The molecule has 0 aliphatic carbocycles. The van der Waals surface area contributed by atoms with E-state index in [0.29, 0.717) is 30.4 Å². The predicted octanol–water partition coefficient (Wildman–Crippen LogP) is 2.87. The van der Waals surface area contributed by atoms with Crippen LogP contribution in [0.1, 0.15) is 36.7 Å². The van der Waals surface area contributed by atoms with E-state index in [0.717, 1.165) is 31.4 Å². The van der Waals surface area contributed by atoms with Crippen LogP contribution in [-0.4, -0.2) is 41.7 Å². The van der Waals surface area contributed by atoms with Crippen molar-refractivity contribution < 1.29 is 9.53 Å². The number of amides is 1. The number of ether oxygens (including phenoxy) is 1. The molecule has 132 valence electrons. The molecule has 0 saturated carbocycles. The Hall–Kier alpha value is -2.47. The Morgan fingerprint density at radius 1 is 1.28 bits per heavy atom. The first-order valence-corrected chi connectivity index (χ1v) is 8.84. The normalized spacial score (nSPS) is 16.6. The lowest BCUT2D eigenvalue weighted by atomic mass is 10.2. The lowest BCUT2D eigenvalue weighted by Gasteiger charge is -2.13. The minimum Gasteiger partial charge on any atom is -0.376 e. The molecule has 2 aromatic rings. The summed E-state index contributed by atoms with van der Waals surface area (Å²) in [7, 11) is 0. The predicted molar refractivity (Wildman–Crippen MR) is 97.6 cm³/mol. The van der Waals surface area contributed by atoms with Crippen LogP contribution in [0.25, 0.3) is 11.4 Å². The van der Waals surface area contributed by atoms with Crippen molar-refractivity contribution in [3.63, 3.8) is 0 Å². The summed E-state index contributed by atoms with van der Waals surface area (Å²) in [5.74, 6) is 1.01. The zero-order chi connectivity index (χ0) is 17.5. The Balaban J connectivity index is 1.83. The van der Waals surface area contributed by atoms with Crippen molar-refractivity contribution >= 4 is 11.7 Å². The van der Waals surface area contributed by atoms with E-state index < -0.39 is 0 Å². The molecule has 2 heterocycles. The van der Waals surface area contributed by atoms with Crippen molar-refractivity contribution in [3.8, 4) is 11.4 Å². The molecular formula is C19H24N4O2. The highest BCUT2D eigenvalue weighted by Crippen LogP contribution is 2.19. The maximum Gasteiger partial charge on any atom is 0.270 e. The summed E-state index contributed by atoms with van der Waals surface area (Å²) in [6, 6.07) is 11.4. The third kappa shape index (κ3) is 4.76. The summed E-state index contributed by atoms with van der Waals surface area (Å²) in [4.78, 5) is 21.4. The SMILES string of the molecule is CCCNC(=O)c1cc(NCC2CCCO2)nc(-c2ccccc2)n1. The first-order chi connectivity index (χ1) is 12.3. The van der Waals surface area contributed by atoms with Crippen LogP contribution in [0.15, 0.2) is 36.4 Å². The Morgan fingerprint density at radius 3 is 2.84 bits per heavy atom. The third-order valence-electron chi connectivity index (χ3n) is 4.06. The van der Waals surface area contributed by atoms with Gasteiger partial charge in [0.1, 0.15) is 11.5 Å². The molecule has 6 nitrogen and oxygen atoms in total. The number of anilines is 1. The van der Waals surface area contributed by atoms with Gasteiger partial charge in [-0.15, -0.1) is 0 Å². The smallest absolute Gasteiger partial charge is 0.270 e. The quantitative estimate of drug-likeness (QED) is 0.810. The summed E-state index contributed by atoms with van der Waals surface area (Å²) in [5.41, 5.74) is 1.25. The molecule has 1 aromatic carbocycles. The zero-order valence-corrected chi connectivity index (χ0v) is 14.5. The van der Waals surface area contributed by atoms with Crippen molar-refractivity contribution in [1.29, 1.82) is 0 Å². The van der Waals surface area contributed by atoms with Crippen LogP contribution >= 0.6 is 0 Å². The average molecular weight is 340 g/mol. The number of hydrogen-bond donors (Lipinski definition) is 2. The van der Waals surface area contributed by atoms with Gasteiger partial charge in [0.25, 0.3) is 5.91 Å². The van der Waals surface area contributed by atoms with Crippen LogP contribution < -0.4 is 10.6 Å². The average Bonchev–Trinajstić information content (AvgIpc) is 3.18. The number of carbonyl (C=O) groups is 1. The van der Waals surface area contributed by atoms with Crippen molar-refractivity contribution in [2.45, 2.75) is 32.3 Å². The number of benzene rings is 1. The summed E-state index contributed by atoms with van der Waals surface area (Å²) in [6.45, 7) is 4.14. The zero-order valence-electron chi connectivity index (χ0n) is 14.5. The fraction of sp³-hybridized carbons (Fsp3) is 0.421. The Bertz CT molecular complexity index is 700. The van der Waals surface area contributed by atoms with Gasteiger partial charge in [-0.1, -0.05) is 37.3 Å². The van der Waals surface area contributed by atoms with Gasteiger partial charge >= 0.3 is 0 Å². The van der Waals surface area contributed by atoms with Crippen LogP contribution in [0.2, 0.25) is 0 Å². The lowest BCUT2D eigenvalue weighted by molar-refractivity contribution is 0.0948. The number of hydrogen-bond acceptors (Lipinski definition) is 5. The number of rotatable bonds is 7. The van der Waals surface area contributed by atoms with Crippen LogP contribution in [0.3, 0.4) is 0 Å². The molecule has 2 N–H and O–H groups in total. The number of aromatic nitrogens is 2. The molecule has 1 fully saturated rings. The number of nitrogens with one attached hydrogen (secondary N) is 2. The molecule has 6 heteroatoms. The van der Waals surface area contributed by atoms with Gasteiger partial charge in [0.15, 0.2) is 5.82 Å². The monoisotopic (exact) mass is 340 g/mol. The van der Waals surface area contributed by atoms with Crippen molar-refractivity contribution in [2.75, 3.05) is 25.0 Å². The van der Waals surface area contributed by atoms with Gasteiger partial charge < -0.3 is 15.4 Å². The van der Waals surface area contributed by atoms with Crippen molar-refractivity contribution in [2.24, 2.45) is 0 Å². The highest BCUT2D eigenvalue weighted by Gasteiger charge is 2.17. The topological polar surface area (TPSA) is 76.1 Å². The fourth-order valence-corrected chi connectivity index (χ4v) is 2.72. The van der Waals surface area contributed by atoms with Crippen molar-refractivity contribution in [3.05, 3.63) is 42.1 Å². The minimum atomic E-state index is -0.179. The summed E-state index contributed by atoms with van der Waals surface area (Å²) in [5, 5.41) is 6.16. The molecule has 1 aliphatic heterocycles. The van der Waals surface area contributed by atoms with E-state index in [1.165, 1.54) is 0 Å². The first kappa shape index (κ1) is 17.4. The summed E-state index contributed by atoms with van der Waals surface area (Å²) in [6.07, 6.45) is 3.23.